The number of piperidine rings is 1. The topological polar surface area (TPSA) is 76.1 Å². The number of carbonyl (C=O) groups is 1. The van der Waals surface area contributed by atoms with Gasteiger partial charge >= 0.3 is 0 Å². The van der Waals surface area contributed by atoms with E-state index in [1.807, 2.05) is 0 Å². The molecule has 94 valence electrons. The molecule has 1 aromatic heterocycles. The van der Waals surface area contributed by atoms with Gasteiger partial charge in [-0.3, -0.25) is 4.79 Å². The zero-order valence-corrected chi connectivity index (χ0v) is 10.5. The molecule has 1 aliphatic heterocycles. The van der Waals surface area contributed by atoms with Gasteiger partial charge < -0.3 is 15.4 Å². The summed E-state index contributed by atoms with van der Waals surface area (Å²) in [5, 5.41) is 6.13. The highest BCUT2D eigenvalue weighted by atomic mass is 32.1. The maximum absolute atomic E-state index is 11.7. The van der Waals surface area contributed by atoms with Crippen molar-refractivity contribution in [2.75, 3.05) is 26.7 Å². The summed E-state index contributed by atoms with van der Waals surface area (Å²) in [6, 6.07) is 0. The van der Waals surface area contributed by atoms with E-state index in [4.69, 9.17) is 4.74 Å². The van der Waals surface area contributed by atoms with Crippen LogP contribution in [-0.2, 0) is 4.74 Å². The molecule has 1 aromatic rings. The van der Waals surface area contributed by atoms with Crippen molar-refractivity contribution >= 4 is 17.6 Å². The average molecular weight is 256 g/mol. The summed E-state index contributed by atoms with van der Waals surface area (Å²) >= 11 is 1.03. The van der Waals surface area contributed by atoms with Gasteiger partial charge in [-0.05, 0) is 25.9 Å². The predicted molar refractivity (Wildman–Crippen MR) is 64.1 cm³/mol. The predicted octanol–water partition coefficient (Wildman–Crippen LogP) is 0.0365. The van der Waals surface area contributed by atoms with Crippen LogP contribution in [-0.4, -0.2) is 47.0 Å². The molecule has 0 unspecified atom stereocenters. The van der Waals surface area contributed by atoms with Gasteiger partial charge in [-0.1, -0.05) is 0 Å². The van der Waals surface area contributed by atoms with E-state index in [1.54, 1.807) is 7.11 Å². The second-order valence-corrected chi connectivity index (χ2v) is 4.67. The van der Waals surface area contributed by atoms with Crippen molar-refractivity contribution in [3.05, 3.63) is 11.9 Å². The fraction of sp³-hybridized carbons (Fsp3) is 0.700. The molecule has 17 heavy (non-hydrogen) atoms. The van der Waals surface area contributed by atoms with Crippen LogP contribution in [0.2, 0.25) is 0 Å². The van der Waals surface area contributed by atoms with E-state index in [1.165, 1.54) is 6.20 Å². The molecule has 0 aliphatic carbocycles. The number of rotatable bonds is 4. The van der Waals surface area contributed by atoms with Crippen LogP contribution in [0.15, 0.2) is 6.20 Å². The van der Waals surface area contributed by atoms with Crippen LogP contribution in [0.3, 0.4) is 0 Å². The maximum atomic E-state index is 11.7. The molecule has 0 atom stereocenters. The quantitative estimate of drug-likeness (QED) is 0.795. The van der Waals surface area contributed by atoms with Crippen LogP contribution in [0, 0.1) is 0 Å². The molecule has 2 N–H and O–H groups in total. The van der Waals surface area contributed by atoms with Crippen molar-refractivity contribution in [2.24, 2.45) is 0 Å². The normalized spacial score (nSPS) is 18.9. The van der Waals surface area contributed by atoms with Gasteiger partial charge in [-0.15, -0.1) is 0 Å². The van der Waals surface area contributed by atoms with E-state index in [0.717, 1.165) is 37.7 Å². The van der Waals surface area contributed by atoms with Crippen molar-refractivity contribution in [3.8, 4) is 0 Å². The van der Waals surface area contributed by atoms with Crippen LogP contribution >= 0.6 is 11.7 Å². The first kappa shape index (κ1) is 12.4. The molecular weight excluding hydrogens is 240 g/mol. The molecule has 0 aromatic carbocycles. The Morgan fingerprint density at radius 3 is 3.00 bits per heavy atom. The molecule has 2 rings (SSSR count). The Kier molecular flexibility index (Phi) is 4.03. The van der Waals surface area contributed by atoms with Gasteiger partial charge in [-0.25, -0.2) is 0 Å². The number of hydrogen-bond donors (Lipinski definition) is 2. The number of nitrogens with one attached hydrogen (secondary N) is 2. The Labute approximate surface area is 104 Å². The molecule has 1 saturated heterocycles. The highest BCUT2D eigenvalue weighted by Gasteiger charge is 2.32. The lowest BCUT2D eigenvalue weighted by molar-refractivity contribution is -0.0313. The Morgan fingerprint density at radius 2 is 2.41 bits per heavy atom. The van der Waals surface area contributed by atoms with Crippen molar-refractivity contribution in [2.45, 2.75) is 18.4 Å². The zero-order chi connectivity index (χ0) is 12.1. The lowest BCUT2D eigenvalue weighted by Crippen LogP contribution is -2.51. The first-order valence-corrected chi connectivity index (χ1v) is 6.30. The molecule has 2 heterocycles. The minimum absolute atomic E-state index is 0.186. The van der Waals surface area contributed by atoms with Gasteiger partial charge in [0.2, 0.25) is 0 Å². The van der Waals surface area contributed by atoms with E-state index in [9.17, 15) is 4.79 Å². The third-order valence-electron chi connectivity index (χ3n) is 3.11. The SMILES string of the molecule is COC1(CNC(=O)c2cnsn2)CCNCC1. The lowest BCUT2D eigenvalue weighted by Gasteiger charge is -2.36. The fourth-order valence-corrected chi connectivity index (χ4v) is 2.34. The molecule has 7 heteroatoms. The second-order valence-electron chi connectivity index (χ2n) is 4.11. The summed E-state index contributed by atoms with van der Waals surface area (Å²) in [6.07, 6.45) is 3.28. The molecule has 1 amide bonds. The van der Waals surface area contributed by atoms with Crippen LogP contribution in [0.25, 0.3) is 0 Å². The first-order valence-electron chi connectivity index (χ1n) is 5.57. The third-order valence-corrected chi connectivity index (χ3v) is 3.59. The summed E-state index contributed by atoms with van der Waals surface area (Å²) in [5.74, 6) is -0.186. The molecule has 0 saturated carbocycles. The summed E-state index contributed by atoms with van der Waals surface area (Å²) in [7, 11) is 1.70. The highest BCUT2D eigenvalue weighted by molar-refractivity contribution is 6.99. The summed E-state index contributed by atoms with van der Waals surface area (Å²) in [5.41, 5.74) is 0.125. The standard InChI is InChI=1S/C10H16N4O2S/c1-16-10(2-4-11-5-3-10)7-12-9(15)8-6-13-17-14-8/h6,11H,2-5,7H2,1H3,(H,12,15). The van der Waals surface area contributed by atoms with E-state index >= 15 is 0 Å². The largest absolute Gasteiger partial charge is 0.376 e. The minimum Gasteiger partial charge on any atom is -0.376 e. The van der Waals surface area contributed by atoms with E-state index in [-0.39, 0.29) is 11.5 Å². The van der Waals surface area contributed by atoms with Crippen LogP contribution < -0.4 is 10.6 Å². The Morgan fingerprint density at radius 1 is 1.65 bits per heavy atom. The van der Waals surface area contributed by atoms with Gasteiger partial charge in [-0.2, -0.15) is 8.75 Å². The monoisotopic (exact) mass is 256 g/mol. The van der Waals surface area contributed by atoms with Crippen molar-refractivity contribution in [1.29, 1.82) is 0 Å². The molecular formula is C10H16N4O2S. The molecule has 0 spiro atoms. The van der Waals surface area contributed by atoms with Gasteiger partial charge in [0.25, 0.3) is 5.91 Å². The Hall–Kier alpha value is -1.05. The Bertz CT molecular complexity index is 362. The van der Waals surface area contributed by atoms with Gasteiger partial charge in [0.15, 0.2) is 5.69 Å². The molecule has 1 aliphatic rings. The van der Waals surface area contributed by atoms with Crippen molar-refractivity contribution < 1.29 is 9.53 Å². The first-order chi connectivity index (χ1) is 8.26. The number of aromatic nitrogens is 2. The maximum Gasteiger partial charge on any atom is 0.272 e. The van der Waals surface area contributed by atoms with Crippen LogP contribution in [0.4, 0.5) is 0 Å². The summed E-state index contributed by atoms with van der Waals surface area (Å²) in [4.78, 5) is 11.7. The zero-order valence-electron chi connectivity index (χ0n) is 9.73. The van der Waals surface area contributed by atoms with Gasteiger partial charge in [0.05, 0.1) is 23.5 Å². The highest BCUT2D eigenvalue weighted by Crippen LogP contribution is 2.21. The molecule has 6 nitrogen and oxygen atoms in total. The van der Waals surface area contributed by atoms with E-state index in [2.05, 4.69) is 19.4 Å². The number of carbonyl (C=O) groups excluding carboxylic acids is 1. The smallest absolute Gasteiger partial charge is 0.272 e. The summed E-state index contributed by atoms with van der Waals surface area (Å²) in [6.45, 7) is 2.35. The molecule has 1 fully saturated rings. The molecule has 0 radical (unpaired) electrons. The third kappa shape index (κ3) is 2.99. The number of hydrogen-bond acceptors (Lipinski definition) is 6. The van der Waals surface area contributed by atoms with E-state index in [0.29, 0.717) is 12.2 Å². The minimum atomic E-state index is -0.246. The van der Waals surface area contributed by atoms with Gasteiger partial charge in [0, 0.05) is 13.7 Å². The van der Waals surface area contributed by atoms with Crippen LogP contribution in [0.5, 0.6) is 0 Å². The fourth-order valence-electron chi connectivity index (χ4n) is 1.93. The van der Waals surface area contributed by atoms with Crippen LogP contribution in [0.1, 0.15) is 23.3 Å². The van der Waals surface area contributed by atoms with E-state index < -0.39 is 0 Å². The number of amides is 1. The lowest BCUT2D eigenvalue weighted by atomic mass is 9.92. The Balaban J connectivity index is 1.89. The average Bonchev–Trinajstić information content (AvgIpc) is 2.91. The number of nitrogens with zero attached hydrogens (tertiary/aromatic N) is 2. The molecule has 0 bridgehead atoms. The van der Waals surface area contributed by atoms with Gasteiger partial charge in [0.1, 0.15) is 0 Å². The number of ether oxygens (including phenoxy) is 1. The van der Waals surface area contributed by atoms with Crippen molar-refractivity contribution in [1.82, 2.24) is 19.4 Å². The van der Waals surface area contributed by atoms with Crippen molar-refractivity contribution in [3.63, 3.8) is 0 Å². The summed E-state index contributed by atoms with van der Waals surface area (Å²) < 4.78 is 13.3. The second kappa shape index (κ2) is 5.52. The number of methoxy groups -OCH3 is 1.